The average molecular weight is 338 g/mol. The maximum atomic E-state index is 12.7. The lowest BCUT2D eigenvalue weighted by molar-refractivity contribution is -0.126. The molecule has 1 unspecified atom stereocenters. The van der Waals surface area contributed by atoms with Crippen LogP contribution in [-0.4, -0.2) is 37.0 Å². The molecule has 2 aliphatic rings. The first kappa shape index (κ1) is 13.6. The summed E-state index contributed by atoms with van der Waals surface area (Å²) < 4.78 is 0.899. The van der Waals surface area contributed by atoms with Crippen molar-refractivity contribution in [3.8, 4) is 0 Å². The SMILES string of the molecule is CC(C)N1C(=O)C2CNCC(=O)N2c2ccc(Br)cc21. The summed E-state index contributed by atoms with van der Waals surface area (Å²) in [4.78, 5) is 28.3. The van der Waals surface area contributed by atoms with Crippen LogP contribution in [0.2, 0.25) is 0 Å². The molecular formula is C14H16BrN3O2. The third-order valence-electron chi connectivity index (χ3n) is 3.69. The molecule has 0 aromatic heterocycles. The number of rotatable bonds is 1. The summed E-state index contributed by atoms with van der Waals surface area (Å²) in [6, 6.07) is 5.32. The number of hydrogen-bond donors (Lipinski definition) is 1. The van der Waals surface area contributed by atoms with E-state index in [-0.39, 0.29) is 24.4 Å². The van der Waals surface area contributed by atoms with Gasteiger partial charge in [-0.2, -0.15) is 0 Å². The number of fused-ring (bicyclic) bond motifs is 3. The van der Waals surface area contributed by atoms with E-state index in [0.29, 0.717) is 6.54 Å². The van der Waals surface area contributed by atoms with Crippen LogP contribution in [0.1, 0.15) is 13.8 Å². The quantitative estimate of drug-likeness (QED) is 0.845. The van der Waals surface area contributed by atoms with Crippen LogP contribution >= 0.6 is 15.9 Å². The Morgan fingerprint density at radius 3 is 2.75 bits per heavy atom. The van der Waals surface area contributed by atoms with Gasteiger partial charge in [0.05, 0.1) is 17.9 Å². The number of carbonyl (C=O) groups excluding carboxylic acids is 2. The summed E-state index contributed by atoms with van der Waals surface area (Å²) in [7, 11) is 0. The highest BCUT2D eigenvalue weighted by atomic mass is 79.9. The number of benzene rings is 1. The number of carbonyl (C=O) groups is 2. The van der Waals surface area contributed by atoms with Gasteiger partial charge < -0.3 is 10.2 Å². The Bertz CT molecular complexity index is 588. The van der Waals surface area contributed by atoms with Crippen LogP contribution in [0.3, 0.4) is 0 Å². The fourth-order valence-electron chi connectivity index (χ4n) is 2.87. The van der Waals surface area contributed by atoms with E-state index in [1.54, 1.807) is 9.80 Å². The van der Waals surface area contributed by atoms with Crippen LogP contribution in [0.25, 0.3) is 0 Å². The Morgan fingerprint density at radius 2 is 2.05 bits per heavy atom. The summed E-state index contributed by atoms with van der Waals surface area (Å²) in [6.45, 7) is 4.75. The standard InChI is InChI=1S/C14H16BrN3O2/c1-8(2)17-11-5-9(15)3-4-10(11)18-12(14(17)20)6-16-7-13(18)19/h3-5,8,12,16H,6-7H2,1-2H3. The van der Waals surface area contributed by atoms with Crippen molar-refractivity contribution in [2.75, 3.05) is 22.9 Å². The zero-order valence-corrected chi connectivity index (χ0v) is 13.0. The molecule has 1 aromatic rings. The van der Waals surface area contributed by atoms with Gasteiger partial charge in [0.2, 0.25) is 5.91 Å². The second-order valence-electron chi connectivity index (χ2n) is 5.35. The smallest absolute Gasteiger partial charge is 0.251 e. The van der Waals surface area contributed by atoms with Crippen LogP contribution in [0.5, 0.6) is 0 Å². The molecule has 106 valence electrons. The minimum absolute atomic E-state index is 0.0221. The van der Waals surface area contributed by atoms with Crippen LogP contribution in [0.15, 0.2) is 22.7 Å². The fraction of sp³-hybridized carbons (Fsp3) is 0.429. The van der Waals surface area contributed by atoms with Crippen LogP contribution in [-0.2, 0) is 9.59 Å². The van der Waals surface area contributed by atoms with Gasteiger partial charge >= 0.3 is 0 Å². The molecule has 1 fully saturated rings. The monoisotopic (exact) mass is 337 g/mol. The zero-order valence-electron chi connectivity index (χ0n) is 11.4. The van der Waals surface area contributed by atoms with E-state index in [1.165, 1.54) is 0 Å². The molecule has 0 radical (unpaired) electrons. The van der Waals surface area contributed by atoms with Crippen LogP contribution in [0, 0.1) is 0 Å². The van der Waals surface area contributed by atoms with Gasteiger partial charge in [-0.25, -0.2) is 0 Å². The lowest BCUT2D eigenvalue weighted by Crippen LogP contribution is -2.65. The summed E-state index contributed by atoms with van der Waals surface area (Å²) >= 11 is 3.44. The first-order chi connectivity index (χ1) is 9.50. The van der Waals surface area contributed by atoms with E-state index in [9.17, 15) is 9.59 Å². The zero-order chi connectivity index (χ0) is 14.4. The molecule has 0 bridgehead atoms. The van der Waals surface area contributed by atoms with Crippen molar-refractivity contribution in [2.24, 2.45) is 0 Å². The Morgan fingerprint density at radius 1 is 1.30 bits per heavy atom. The summed E-state index contributed by atoms with van der Waals surface area (Å²) in [5.41, 5.74) is 1.61. The van der Waals surface area contributed by atoms with Crippen molar-refractivity contribution in [1.82, 2.24) is 5.32 Å². The molecule has 2 heterocycles. The highest BCUT2D eigenvalue weighted by molar-refractivity contribution is 9.10. The Labute approximate surface area is 126 Å². The normalized spacial score (nSPS) is 22.1. The van der Waals surface area contributed by atoms with E-state index in [2.05, 4.69) is 21.2 Å². The van der Waals surface area contributed by atoms with Gasteiger partial charge in [-0.05, 0) is 32.0 Å². The Hall–Kier alpha value is -1.40. The van der Waals surface area contributed by atoms with Crippen molar-refractivity contribution in [2.45, 2.75) is 25.9 Å². The predicted molar refractivity (Wildman–Crippen MR) is 80.9 cm³/mol. The second-order valence-corrected chi connectivity index (χ2v) is 6.26. The number of nitrogens with one attached hydrogen (secondary N) is 1. The molecule has 0 spiro atoms. The molecule has 1 N–H and O–H groups in total. The molecule has 0 saturated carbocycles. The molecular weight excluding hydrogens is 322 g/mol. The van der Waals surface area contributed by atoms with Crippen LogP contribution < -0.4 is 15.1 Å². The Kier molecular flexibility index (Phi) is 3.30. The largest absolute Gasteiger partial charge is 0.306 e. The topological polar surface area (TPSA) is 52.7 Å². The van der Waals surface area contributed by atoms with Gasteiger partial charge in [-0.15, -0.1) is 0 Å². The highest BCUT2D eigenvalue weighted by Gasteiger charge is 2.43. The van der Waals surface area contributed by atoms with E-state index < -0.39 is 6.04 Å². The molecule has 3 rings (SSSR count). The van der Waals surface area contributed by atoms with Crippen molar-refractivity contribution in [3.05, 3.63) is 22.7 Å². The lowest BCUT2D eigenvalue weighted by atomic mass is 10.0. The molecule has 5 nitrogen and oxygen atoms in total. The molecule has 2 amide bonds. The van der Waals surface area contributed by atoms with Gasteiger partial charge in [0.15, 0.2) is 0 Å². The average Bonchev–Trinajstić information content (AvgIpc) is 2.38. The van der Waals surface area contributed by atoms with Gasteiger partial charge in [-0.1, -0.05) is 15.9 Å². The number of hydrogen-bond acceptors (Lipinski definition) is 3. The van der Waals surface area contributed by atoms with Gasteiger partial charge in [0.1, 0.15) is 6.04 Å². The number of halogens is 1. The minimum Gasteiger partial charge on any atom is -0.306 e. The number of amides is 2. The van der Waals surface area contributed by atoms with E-state index in [4.69, 9.17) is 0 Å². The van der Waals surface area contributed by atoms with Crippen molar-refractivity contribution in [1.29, 1.82) is 0 Å². The summed E-state index contributed by atoms with van der Waals surface area (Å²) in [6.07, 6.45) is 0. The molecule has 1 saturated heterocycles. The molecule has 6 heteroatoms. The molecule has 0 aliphatic carbocycles. The van der Waals surface area contributed by atoms with E-state index >= 15 is 0 Å². The first-order valence-corrected chi connectivity index (χ1v) is 7.45. The minimum atomic E-state index is -0.438. The third-order valence-corrected chi connectivity index (χ3v) is 4.18. The van der Waals surface area contributed by atoms with Gasteiger partial charge in [0.25, 0.3) is 5.91 Å². The van der Waals surface area contributed by atoms with Crippen molar-refractivity contribution < 1.29 is 9.59 Å². The van der Waals surface area contributed by atoms with Gasteiger partial charge in [-0.3, -0.25) is 14.5 Å². The van der Waals surface area contributed by atoms with Crippen molar-refractivity contribution in [3.63, 3.8) is 0 Å². The van der Waals surface area contributed by atoms with Crippen LogP contribution in [0.4, 0.5) is 11.4 Å². The summed E-state index contributed by atoms with van der Waals surface area (Å²) in [5, 5.41) is 3.02. The Balaban J connectivity index is 2.19. The predicted octanol–water partition coefficient (Wildman–Crippen LogP) is 1.51. The first-order valence-electron chi connectivity index (χ1n) is 6.66. The van der Waals surface area contributed by atoms with Gasteiger partial charge in [0, 0.05) is 17.1 Å². The molecule has 2 aliphatic heterocycles. The lowest BCUT2D eigenvalue weighted by Gasteiger charge is -2.45. The fourth-order valence-corrected chi connectivity index (χ4v) is 3.22. The number of anilines is 2. The van der Waals surface area contributed by atoms with E-state index in [1.807, 2.05) is 32.0 Å². The highest BCUT2D eigenvalue weighted by Crippen LogP contribution is 2.39. The molecule has 1 atom stereocenters. The van der Waals surface area contributed by atoms with Crippen molar-refractivity contribution >= 4 is 39.1 Å². The summed E-state index contributed by atoms with van der Waals surface area (Å²) in [5.74, 6) is -0.0762. The molecule has 1 aromatic carbocycles. The number of piperazine rings is 1. The van der Waals surface area contributed by atoms with E-state index in [0.717, 1.165) is 15.8 Å². The second kappa shape index (κ2) is 4.86. The third kappa shape index (κ3) is 1.94. The molecule has 20 heavy (non-hydrogen) atoms. The maximum absolute atomic E-state index is 12.7. The maximum Gasteiger partial charge on any atom is 0.251 e. The number of nitrogens with zero attached hydrogens (tertiary/aromatic N) is 2.